The number of carbonyl (C=O) groups is 1. The second-order valence-corrected chi connectivity index (χ2v) is 3.78. The van der Waals surface area contributed by atoms with Crippen LogP contribution in [-0.4, -0.2) is 11.1 Å². The quantitative estimate of drug-likeness (QED) is 0.815. The molecule has 0 aliphatic heterocycles. The van der Waals surface area contributed by atoms with E-state index in [1.807, 2.05) is 0 Å². The van der Waals surface area contributed by atoms with Crippen molar-refractivity contribution in [2.45, 2.75) is 6.42 Å². The van der Waals surface area contributed by atoms with Gasteiger partial charge in [-0.15, -0.1) is 0 Å². The van der Waals surface area contributed by atoms with E-state index in [1.54, 1.807) is 18.2 Å². The van der Waals surface area contributed by atoms with Crippen LogP contribution in [0.2, 0.25) is 0 Å². The van der Waals surface area contributed by atoms with Crippen LogP contribution in [0.25, 0.3) is 10.3 Å². The van der Waals surface area contributed by atoms with Gasteiger partial charge in [-0.25, -0.2) is 4.79 Å². The Morgan fingerprint density at radius 1 is 1.50 bits per heavy atom. The highest BCUT2D eigenvalue weighted by molar-refractivity contribution is 7.16. The van der Waals surface area contributed by atoms with E-state index in [0.29, 0.717) is 15.8 Å². The monoisotopic (exact) mass is 210 g/mol. The maximum atomic E-state index is 10.9. The van der Waals surface area contributed by atoms with E-state index in [1.165, 1.54) is 0 Å². The number of aliphatic carboxylic acids is 1. The molecule has 0 fully saturated rings. The molecule has 5 heteroatoms. The lowest BCUT2D eigenvalue weighted by atomic mass is 10.1. The molecule has 1 aromatic carbocycles. The van der Waals surface area contributed by atoms with Crippen molar-refractivity contribution in [3.8, 4) is 0 Å². The average Bonchev–Trinajstić information content (AvgIpc) is 2.42. The van der Waals surface area contributed by atoms with Crippen LogP contribution in [-0.2, 0) is 11.2 Å². The van der Waals surface area contributed by atoms with E-state index in [2.05, 4.69) is 0 Å². The van der Waals surface area contributed by atoms with E-state index >= 15 is 0 Å². The van der Waals surface area contributed by atoms with Gasteiger partial charge in [-0.2, -0.15) is 0 Å². The second-order valence-electron chi connectivity index (χ2n) is 2.81. The summed E-state index contributed by atoms with van der Waals surface area (Å²) in [4.78, 5) is 20.9. The number of rotatable bonds is 2. The van der Waals surface area contributed by atoms with Crippen LogP contribution < -0.4 is 4.94 Å². The largest absolute Gasteiger partial charge is 0.481 e. The Bertz CT molecular complexity index is 537. The topological polar surface area (TPSA) is 67.5 Å². The van der Waals surface area contributed by atoms with Crippen LogP contribution in [0.4, 0.5) is 0 Å². The molecule has 1 N–H and O–H groups in total. The Labute approximate surface area is 82.4 Å². The summed E-state index contributed by atoms with van der Waals surface area (Å²) in [7, 11) is 0. The van der Waals surface area contributed by atoms with Gasteiger partial charge < -0.3 is 9.52 Å². The molecule has 72 valence electrons. The lowest BCUT2D eigenvalue weighted by molar-refractivity contribution is -0.136. The van der Waals surface area contributed by atoms with E-state index in [0.717, 1.165) is 11.3 Å². The van der Waals surface area contributed by atoms with Gasteiger partial charge in [0.2, 0.25) is 0 Å². The third-order valence-corrected chi connectivity index (χ3v) is 2.54. The molecule has 0 amide bonds. The Morgan fingerprint density at radius 3 is 3.00 bits per heavy atom. The fourth-order valence-electron chi connectivity index (χ4n) is 1.20. The Hall–Kier alpha value is -1.62. The molecular weight excluding hydrogens is 204 g/mol. The fourth-order valence-corrected chi connectivity index (χ4v) is 1.93. The number of hydrogen-bond acceptors (Lipinski definition) is 4. The molecule has 0 aliphatic carbocycles. The highest BCUT2D eigenvalue weighted by atomic mass is 32.1. The van der Waals surface area contributed by atoms with Gasteiger partial charge in [0.05, 0.1) is 11.1 Å². The average molecular weight is 210 g/mol. The van der Waals surface area contributed by atoms with Crippen LogP contribution in [0.3, 0.4) is 0 Å². The zero-order valence-electron chi connectivity index (χ0n) is 7.02. The standard InChI is InChI=1S/C9H6O4S/c10-8(11)4-5-1-2-6-7(3-5)14-9(12)13-6/h1-3H,4H2,(H,10,11). The Morgan fingerprint density at radius 2 is 2.29 bits per heavy atom. The molecular formula is C9H6O4S. The molecule has 2 aromatic rings. The predicted molar refractivity (Wildman–Crippen MR) is 51.7 cm³/mol. The van der Waals surface area contributed by atoms with Crippen LogP contribution in [0.1, 0.15) is 5.56 Å². The predicted octanol–water partition coefficient (Wildman–Crippen LogP) is 1.48. The highest BCUT2D eigenvalue weighted by Crippen LogP contribution is 2.18. The summed E-state index contributed by atoms with van der Waals surface area (Å²) >= 11 is 0.978. The van der Waals surface area contributed by atoms with Gasteiger partial charge in [-0.3, -0.25) is 4.79 Å². The molecule has 0 saturated carbocycles. The van der Waals surface area contributed by atoms with Crippen LogP contribution >= 0.6 is 11.3 Å². The van der Waals surface area contributed by atoms with E-state index < -0.39 is 5.97 Å². The van der Waals surface area contributed by atoms with Gasteiger partial charge in [0.1, 0.15) is 5.58 Å². The van der Waals surface area contributed by atoms with Gasteiger partial charge in [0.15, 0.2) is 0 Å². The first-order valence-electron chi connectivity index (χ1n) is 3.89. The summed E-state index contributed by atoms with van der Waals surface area (Å²) in [5, 5.41) is 8.56. The Kier molecular flexibility index (Phi) is 2.09. The third-order valence-electron chi connectivity index (χ3n) is 1.75. The summed E-state index contributed by atoms with van der Waals surface area (Å²) in [6, 6.07) is 4.93. The zero-order valence-corrected chi connectivity index (χ0v) is 7.84. The molecule has 2 rings (SSSR count). The number of benzene rings is 1. The summed E-state index contributed by atoms with van der Waals surface area (Å²) in [5.41, 5.74) is 1.18. The highest BCUT2D eigenvalue weighted by Gasteiger charge is 2.05. The molecule has 0 atom stereocenters. The van der Waals surface area contributed by atoms with Crippen molar-refractivity contribution in [3.63, 3.8) is 0 Å². The van der Waals surface area contributed by atoms with Gasteiger partial charge in [-0.05, 0) is 17.7 Å². The van der Waals surface area contributed by atoms with Crippen molar-refractivity contribution in [2.75, 3.05) is 0 Å². The van der Waals surface area contributed by atoms with Gasteiger partial charge in [0, 0.05) is 0 Å². The number of hydrogen-bond donors (Lipinski definition) is 1. The number of fused-ring (bicyclic) bond motifs is 1. The third kappa shape index (κ3) is 1.67. The summed E-state index contributed by atoms with van der Waals surface area (Å²) in [6.45, 7) is 0. The zero-order chi connectivity index (χ0) is 10.1. The first kappa shape index (κ1) is 8.96. The first-order valence-corrected chi connectivity index (χ1v) is 4.71. The molecule has 0 bridgehead atoms. The molecule has 1 heterocycles. The van der Waals surface area contributed by atoms with Crippen molar-refractivity contribution in [3.05, 3.63) is 33.5 Å². The number of carboxylic acids is 1. The van der Waals surface area contributed by atoms with Gasteiger partial charge in [-0.1, -0.05) is 17.4 Å². The summed E-state index contributed by atoms with van der Waals surface area (Å²) < 4.78 is 5.53. The molecule has 0 unspecified atom stereocenters. The van der Waals surface area contributed by atoms with Crippen molar-refractivity contribution >= 4 is 27.6 Å². The van der Waals surface area contributed by atoms with Crippen molar-refractivity contribution in [1.29, 1.82) is 0 Å². The minimum Gasteiger partial charge on any atom is -0.481 e. The maximum Gasteiger partial charge on any atom is 0.396 e. The summed E-state index contributed by atoms with van der Waals surface area (Å²) in [5.74, 6) is -0.889. The minimum atomic E-state index is -0.889. The SMILES string of the molecule is O=C(O)Cc1ccc2oc(=O)sc2c1. The molecule has 14 heavy (non-hydrogen) atoms. The first-order chi connectivity index (χ1) is 6.65. The lowest BCUT2D eigenvalue weighted by Gasteiger charge is -1.94. The molecule has 1 aromatic heterocycles. The molecule has 0 saturated heterocycles. The number of carboxylic acid groups (broad SMARTS) is 1. The van der Waals surface area contributed by atoms with Crippen molar-refractivity contribution in [1.82, 2.24) is 0 Å². The van der Waals surface area contributed by atoms with E-state index in [9.17, 15) is 9.59 Å². The molecule has 4 nitrogen and oxygen atoms in total. The fraction of sp³-hybridized carbons (Fsp3) is 0.111. The molecule has 0 radical (unpaired) electrons. The maximum absolute atomic E-state index is 10.9. The molecule has 0 aliphatic rings. The molecule has 0 spiro atoms. The van der Waals surface area contributed by atoms with E-state index in [-0.39, 0.29) is 11.4 Å². The lowest BCUT2D eigenvalue weighted by Crippen LogP contribution is -1.99. The van der Waals surface area contributed by atoms with Crippen LogP contribution in [0.15, 0.2) is 27.4 Å². The normalized spacial score (nSPS) is 10.6. The Balaban J connectivity index is 2.50. The van der Waals surface area contributed by atoms with Crippen molar-refractivity contribution in [2.24, 2.45) is 0 Å². The van der Waals surface area contributed by atoms with E-state index in [4.69, 9.17) is 9.52 Å². The second kappa shape index (κ2) is 3.26. The van der Waals surface area contributed by atoms with Gasteiger partial charge in [0.25, 0.3) is 0 Å². The van der Waals surface area contributed by atoms with Gasteiger partial charge >= 0.3 is 10.9 Å². The van der Waals surface area contributed by atoms with Crippen molar-refractivity contribution < 1.29 is 14.3 Å². The summed E-state index contributed by atoms with van der Waals surface area (Å²) in [6.07, 6.45) is -0.0397. The van der Waals surface area contributed by atoms with Crippen LogP contribution in [0.5, 0.6) is 0 Å². The smallest absolute Gasteiger partial charge is 0.396 e. The van der Waals surface area contributed by atoms with Crippen LogP contribution in [0, 0.1) is 0 Å². The minimum absolute atomic E-state index is 0.0397.